The van der Waals surface area contributed by atoms with Crippen LogP contribution in [0.15, 0.2) is 18.2 Å². The summed E-state index contributed by atoms with van der Waals surface area (Å²) in [5.74, 6) is 0. The second-order valence-corrected chi connectivity index (χ2v) is 2.94. The highest BCUT2D eigenvalue weighted by molar-refractivity contribution is 5.84. The first-order chi connectivity index (χ1) is 7.02. The van der Waals surface area contributed by atoms with Crippen molar-refractivity contribution in [2.45, 2.75) is 6.18 Å². The number of fused-ring (bicyclic) bond motifs is 1. The lowest BCUT2D eigenvalue weighted by Crippen LogP contribution is -2.04. The summed E-state index contributed by atoms with van der Waals surface area (Å²) in [5.41, 5.74) is -0.455. The number of aromatic nitrogens is 2. The topological polar surface area (TPSA) is 52.5 Å². The third kappa shape index (κ3) is 1.52. The van der Waals surface area contributed by atoms with Gasteiger partial charge in [0, 0.05) is 5.39 Å². The van der Waals surface area contributed by atoms with E-state index in [1.165, 1.54) is 6.07 Å². The molecule has 0 aliphatic carbocycles. The Labute approximate surface area is 82.1 Å². The predicted molar refractivity (Wildman–Crippen MR) is 45.8 cm³/mol. The van der Waals surface area contributed by atoms with Crippen molar-refractivity contribution in [2.24, 2.45) is 0 Å². The highest BCUT2D eigenvalue weighted by Gasteiger charge is 2.30. The lowest BCUT2D eigenvalue weighted by Gasteiger charge is -2.05. The molecule has 6 heteroatoms. The quantitative estimate of drug-likeness (QED) is 0.727. The summed E-state index contributed by atoms with van der Waals surface area (Å²) < 4.78 is 36.9. The van der Waals surface area contributed by atoms with E-state index in [1.807, 2.05) is 0 Å². The van der Waals surface area contributed by atoms with Gasteiger partial charge in [-0.2, -0.15) is 23.5 Å². The van der Waals surface area contributed by atoms with E-state index >= 15 is 0 Å². The van der Waals surface area contributed by atoms with Gasteiger partial charge in [0.25, 0.3) is 0 Å². The first-order valence-electron chi connectivity index (χ1n) is 3.98. The van der Waals surface area contributed by atoms with Gasteiger partial charge in [-0.25, -0.2) is 0 Å². The Morgan fingerprint density at radius 1 is 1.33 bits per heavy atom. The molecule has 0 saturated carbocycles. The van der Waals surface area contributed by atoms with Crippen LogP contribution in [0.1, 0.15) is 11.3 Å². The Morgan fingerprint density at radius 3 is 2.67 bits per heavy atom. The Hall–Kier alpha value is -2.03. The van der Waals surface area contributed by atoms with Crippen molar-refractivity contribution in [3.05, 3.63) is 29.5 Å². The summed E-state index contributed by atoms with van der Waals surface area (Å²) in [4.78, 5) is 0. The fraction of sp³-hybridized carbons (Fsp3) is 0.111. The van der Waals surface area contributed by atoms with Crippen molar-refractivity contribution < 1.29 is 13.2 Å². The Bertz CT molecular complexity index is 548. The number of hydrogen-bond acceptors (Lipinski definition) is 2. The minimum atomic E-state index is -4.38. The number of hydrogen-bond donors (Lipinski definition) is 1. The molecule has 0 spiro atoms. The Morgan fingerprint density at radius 2 is 2.07 bits per heavy atom. The number of nitrogens with one attached hydrogen (secondary N) is 1. The molecule has 2 aromatic rings. The van der Waals surface area contributed by atoms with Crippen LogP contribution in [-0.4, -0.2) is 10.2 Å². The Kier molecular flexibility index (Phi) is 1.89. The maximum absolute atomic E-state index is 12.3. The first-order valence-corrected chi connectivity index (χ1v) is 3.98. The van der Waals surface area contributed by atoms with E-state index in [0.717, 1.165) is 12.1 Å². The molecular weight excluding hydrogens is 207 g/mol. The molecule has 1 heterocycles. The van der Waals surface area contributed by atoms with Gasteiger partial charge < -0.3 is 0 Å². The maximum Gasteiger partial charge on any atom is 0.416 e. The van der Waals surface area contributed by atoms with Crippen LogP contribution in [0, 0.1) is 11.3 Å². The lowest BCUT2D eigenvalue weighted by molar-refractivity contribution is -0.137. The molecule has 0 bridgehead atoms. The standard InChI is InChI=1S/C9H4F3N3/c10-9(11,12)5-1-2-6-7(3-5)14-15-8(6)4-13/h1-3H,(H,14,15). The zero-order chi connectivity index (χ0) is 11.1. The number of benzene rings is 1. The predicted octanol–water partition coefficient (Wildman–Crippen LogP) is 2.45. The molecule has 76 valence electrons. The fourth-order valence-electron chi connectivity index (χ4n) is 1.28. The number of nitrogens with zero attached hydrogens (tertiary/aromatic N) is 2. The van der Waals surface area contributed by atoms with Gasteiger partial charge in [0.15, 0.2) is 5.69 Å². The minimum absolute atomic E-state index is 0.0960. The molecule has 2 rings (SSSR count). The summed E-state index contributed by atoms with van der Waals surface area (Å²) in [6.45, 7) is 0. The molecular formula is C9H4F3N3. The van der Waals surface area contributed by atoms with Crippen molar-refractivity contribution in [1.29, 1.82) is 5.26 Å². The number of aromatic amines is 1. The van der Waals surface area contributed by atoms with E-state index in [9.17, 15) is 13.2 Å². The van der Waals surface area contributed by atoms with E-state index in [2.05, 4.69) is 10.2 Å². The number of rotatable bonds is 0. The Balaban J connectivity index is 2.65. The summed E-state index contributed by atoms with van der Waals surface area (Å²) in [5, 5.41) is 15.0. The summed E-state index contributed by atoms with van der Waals surface area (Å²) in [6, 6.07) is 4.88. The molecule has 15 heavy (non-hydrogen) atoms. The lowest BCUT2D eigenvalue weighted by atomic mass is 10.1. The zero-order valence-electron chi connectivity index (χ0n) is 7.26. The second-order valence-electron chi connectivity index (χ2n) is 2.94. The van der Waals surface area contributed by atoms with Gasteiger partial charge in [-0.3, -0.25) is 5.10 Å². The van der Waals surface area contributed by atoms with Gasteiger partial charge in [0.1, 0.15) is 6.07 Å². The molecule has 3 nitrogen and oxygen atoms in total. The van der Waals surface area contributed by atoms with E-state index in [0.29, 0.717) is 5.39 Å². The minimum Gasteiger partial charge on any atom is -0.276 e. The summed E-state index contributed by atoms with van der Waals surface area (Å²) >= 11 is 0. The van der Waals surface area contributed by atoms with Crippen LogP contribution < -0.4 is 0 Å². The highest BCUT2D eigenvalue weighted by Crippen LogP contribution is 2.31. The first kappa shape index (κ1) is 9.52. The molecule has 0 unspecified atom stereocenters. The maximum atomic E-state index is 12.3. The van der Waals surface area contributed by atoms with Crippen LogP contribution in [-0.2, 0) is 6.18 Å². The molecule has 0 aliphatic rings. The average Bonchev–Trinajstić information content (AvgIpc) is 2.58. The average molecular weight is 211 g/mol. The van der Waals surface area contributed by atoms with E-state index < -0.39 is 11.7 Å². The normalized spacial score (nSPS) is 11.6. The van der Waals surface area contributed by atoms with Gasteiger partial charge in [-0.1, -0.05) is 0 Å². The van der Waals surface area contributed by atoms with E-state index in [-0.39, 0.29) is 11.2 Å². The van der Waals surface area contributed by atoms with Crippen LogP contribution in [0.5, 0.6) is 0 Å². The number of halogens is 3. The fourth-order valence-corrected chi connectivity index (χ4v) is 1.28. The van der Waals surface area contributed by atoms with Crippen LogP contribution in [0.3, 0.4) is 0 Å². The monoisotopic (exact) mass is 211 g/mol. The van der Waals surface area contributed by atoms with Gasteiger partial charge in [-0.05, 0) is 18.2 Å². The molecule has 0 saturated heterocycles. The van der Waals surface area contributed by atoms with Crippen LogP contribution in [0.4, 0.5) is 13.2 Å². The smallest absolute Gasteiger partial charge is 0.276 e. The van der Waals surface area contributed by atoms with Crippen molar-refractivity contribution in [1.82, 2.24) is 10.2 Å². The second kappa shape index (κ2) is 2.98. The summed E-state index contributed by atoms with van der Waals surface area (Å²) in [6.07, 6.45) is -4.38. The third-order valence-electron chi connectivity index (χ3n) is 2.00. The van der Waals surface area contributed by atoms with Crippen molar-refractivity contribution in [2.75, 3.05) is 0 Å². The number of alkyl halides is 3. The van der Waals surface area contributed by atoms with Crippen LogP contribution >= 0.6 is 0 Å². The van der Waals surface area contributed by atoms with Gasteiger partial charge in [0.2, 0.25) is 0 Å². The molecule has 0 amide bonds. The largest absolute Gasteiger partial charge is 0.416 e. The molecule has 0 radical (unpaired) electrons. The molecule has 0 fully saturated rings. The molecule has 0 atom stereocenters. The molecule has 1 N–H and O–H groups in total. The SMILES string of the molecule is N#Cc1n[nH]c2cc(C(F)(F)F)ccc12. The third-order valence-corrected chi connectivity index (χ3v) is 2.00. The van der Waals surface area contributed by atoms with Crippen LogP contribution in [0.2, 0.25) is 0 Å². The van der Waals surface area contributed by atoms with E-state index in [1.54, 1.807) is 6.07 Å². The van der Waals surface area contributed by atoms with Crippen LogP contribution in [0.25, 0.3) is 10.9 Å². The van der Waals surface area contributed by atoms with Gasteiger partial charge in [0.05, 0.1) is 11.1 Å². The molecule has 1 aromatic carbocycles. The van der Waals surface area contributed by atoms with E-state index in [4.69, 9.17) is 5.26 Å². The van der Waals surface area contributed by atoms with Crippen molar-refractivity contribution in [3.63, 3.8) is 0 Å². The van der Waals surface area contributed by atoms with Gasteiger partial charge >= 0.3 is 6.18 Å². The number of H-pyrrole nitrogens is 1. The van der Waals surface area contributed by atoms with Crippen molar-refractivity contribution >= 4 is 10.9 Å². The number of nitriles is 1. The zero-order valence-corrected chi connectivity index (χ0v) is 7.26. The summed E-state index contributed by atoms with van der Waals surface area (Å²) in [7, 11) is 0. The molecule has 0 aliphatic heterocycles. The van der Waals surface area contributed by atoms with Gasteiger partial charge in [-0.15, -0.1) is 0 Å². The highest BCUT2D eigenvalue weighted by atomic mass is 19.4. The van der Waals surface area contributed by atoms with Crippen molar-refractivity contribution in [3.8, 4) is 6.07 Å². The molecule has 1 aromatic heterocycles.